The molecule has 12 heteroatoms. The Balaban J connectivity index is 0.00000226. The summed E-state index contributed by atoms with van der Waals surface area (Å²) in [6.45, 7) is 8.81. The van der Waals surface area contributed by atoms with E-state index in [1.54, 1.807) is 39.2 Å². The Morgan fingerprint density at radius 2 is 1.67 bits per heavy atom. The fourth-order valence-corrected chi connectivity index (χ4v) is 5.13. The van der Waals surface area contributed by atoms with Crippen LogP contribution < -0.4 is 26.9 Å². The van der Waals surface area contributed by atoms with Gasteiger partial charge < -0.3 is 14.5 Å². The highest BCUT2D eigenvalue weighted by Crippen LogP contribution is 2.34. The Kier molecular flexibility index (Phi) is 9.55. The number of halogens is 4. The second-order valence-electron chi connectivity index (χ2n) is 10.5. The van der Waals surface area contributed by atoms with Gasteiger partial charge in [0.2, 0.25) is 0 Å². The van der Waals surface area contributed by atoms with Crippen LogP contribution in [0.3, 0.4) is 0 Å². The van der Waals surface area contributed by atoms with Gasteiger partial charge in [-0.2, -0.15) is 13.2 Å². The molecule has 1 aliphatic rings. The molecular formula is C33H34F4N6O2. The summed E-state index contributed by atoms with van der Waals surface area (Å²) < 4.78 is 58.8. The van der Waals surface area contributed by atoms with Gasteiger partial charge in [0.25, 0.3) is 11.1 Å². The molecule has 0 spiro atoms. The summed E-state index contributed by atoms with van der Waals surface area (Å²) >= 11 is 0. The van der Waals surface area contributed by atoms with Crippen molar-refractivity contribution in [3.63, 3.8) is 0 Å². The lowest BCUT2D eigenvalue weighted by Gasteiger charge is -2.21. The minimum absolute atomic E-state index is 0.0500. The average molecular weight is 623 g/mol. The fraction of sp³-hybridized carbons (Fsp3) is 0.303. The van der Waals surface area contributed by atoms with E-state index in [4.69, 9.17) is 0 Å². The van der Waals surface area contributed by atoms with E-state index < -0.39 is 29.3 Å². The van der Waals surface area contributed by atoms with Crippen molar-refractivity contribution in [3.8, 4) is 22.6 Å². The maximum atomic E-state index is 14.7. The molecule has 4 aromatic heterocycles. The third-order valence-electron chi connectivity index (χ3n) is 7.51. The second-order valence-corrected chi connectivity index (χ2v) is 10.5. The number of aromatic nitrogens is 5. The van der Waals surface area contributed by atoms with Gasteiger partial charge >= 0.3 is 6.18 Å². The van der Waals surface area contributed by atoms with Crippen LogP contribution in [0.15, 0.2) is 64.3 Å². The lowest BCUT2D eigenvalue weighted by Crippen LogP contribution is -2.46. The van der Waals surface area contributed by atoms with E-state index in [1.807, 2.05) is 13.8 Å². The molecule has 0 amide bonds. The topological polar surface area (TPSA) is 94.7 Å². The van der Waals surface area contributed by atoms with Gasteiger partial charge in [-0.05, 0) is 74.4 Å². The molecule has 5 rings (SSSR count). The van der Waals surface area contributed by atoms with Crippen LogP contribution in [-0.2, 0) is 20.3 Å². The minimum atomic E-state index is -4.69. The SMILES string of the molecule is CC.Cc1ccc(N[C@H](C)C2=c3cc(-c4cnc(-c5ccn(C)c(=O)c5C)nc4)n(C)c(=O)c3=CC(F)=CC2)c(C(F)(F)F)n1. The highest BCUT2D eigenvalue weighted by Gasteiger charge is 2.36. The average Bonchev–Trinajstić information content (AvgIpc) is 3.18. The second kappa shape index (κ2) is 13.0. The molecule has 236 valence electrons. The molecular weight excluding hydrogens is 588 g/mol. The lowest BCUT2D eigenvalue weighted by molar-refractivity contribution is -0.140. The standard InChI is InChI=1S/C31H28F4N6O2.C2H6/c1-16-6-9-25(27(38-16)31(33,34)35)39-18(3)22-8-7-20(32)12-24-23(22)13-26(41(5)30(24)43)19-14-36-28(37-15-19)21-10-11-40(4)29(42)17(21)2;1-2/h6-7,9-15,18,39H,8H2,1-5H3;1-2H3/t18-;/m1./s1. The summed E-state index contributed by atoms with van der Waals surface area (Å²) in [4.78, 5) is 38.4. The predicted molar refractivity (Wildman–Crippen MR) is 167 cm³/mol. The number of allylic oxidation sites excluding steroid dienone is 2. The molecule has 1 N–H and O–H groups in total. The van der Waals surface area contributed by atoms with Crippen molar-refractivity contribution in [1.29, 1.82) is 0 Å². The van der Waals surface area contributed by atoms with Crippen LogP contribution >= 0.6 is 0 Å². The molecule has 0 saturated carbocycles. The normalized spacial score (nSPS) is 13.5. The summed E-state index contributed by atoms with van der Waals surface area (Å²) in [7, 11) is 3.18. The third-order valence-corrected chi connectivity index (χ3v) is 7.51. The van der Waals surface area contributed by atoms with E-state index >= 15 is 0 Å². The van der Waals surface area contributed by atoms with Gasteiger partial charge in [0, 0.05) is 61.1 Å². The lowest BCUT2D eigenvalue weighted by atomic mass is 10.00. The molecule has 0 unspecified atom stereocenters. The van der Waals surface area contributed by atoms with Crippen molar-refractivity contribution in [3.05, 3.63) is 103 Å². The van der Waals surface area contributed by atoms with Crippen molar-refractivity contribution >= 4 is 17.3 Å². The first kappa shape index (κ1) is 33.0. The maximum absolute atomic E-state index is 14.7. The first-order chi connectivity index (χ1) is 21.3. The molecule has 0 aromatic carbocycles. The number of nitrogens with one attached hydrogen (secondary N) is 1. The fourth-order valence-electron chi connectivity index (χ4n) is 5.13. The van der Waals surface area contributed by atoms with Gasteiger partial charge in [0.15, 0.2) is 11.5 Å². The molecule has 8 nitrogen and oxygen atoms in total. The van der Waals surface area contributed by atoms with Crippen molar-refractivity contribution in [2.75, 3.05) is 5.32 Å². The van der Waals surface area contributed by atoms with Gasteiger partial charge in [0.05, 0.1) is 16.6 Å². The van der Waals surface area contributed by atoms with Gasteiger partial charge in [-0.15, -0.1) is 0 Å². The van der Waals surface area contributed by atoms with Crippen molar-refractivity contribution < 1.29 is 17.6 Å². The van der Waals surface area contributed by atoms with E-state index in [1.165, 1.54) is 53.7 Å². The number of hydrogen-bond donors (Lipinski definition) is 1. The molecule has 4 aromatic rings. The molecule has 0 saturated heterocycles. The Hall–Kier alpha value is -4.87. The number of nitrogens with zero attached hydrogens (tertiary/aromatic N) is 5. The largest absolute Gasteiger partial charge is 0.435 e. The molecule has 45 heavy (non-hydrogen) atoms. The monoisotopic (exact) mass is 622 g/mol. The van der Waals surface area contributed by atoms with Crippen molar-refractivity contribution in [2.45, 2.75) is 53.3 Å². The van der Waals surface area contributed by atoms with E-state index in [0.717, 1.165) is 6.08 Å². The van der Waals surface area contributed by atoms with Crippen LogP contribution in [0.25, 0.3) is 34.3 Å². The smallest absolute Gasteiger partial charge is 0.377 e. The predicted octanol–water partition coefficient (Wildman–Crippen LogP) is 4.95. The number of rotatable bonds is 5. The molecule has 1 aliphatic carbocycles. The molecule has 4 heterocycles. The summed E-state index contributed by atoms with van der Waals surface area (Å²) in [6, 6.07) is 5.47. The van der Waals surface area contributed by atoms with Crippen LogP contribution in [0.5, 0.6) is 0 Å². The van der Waals surface area contributed by atoms with Crippen molar-refractivity contribution in [1.82, 2.24) is 24.1 Å². The van der Waals surface area contributed by atoms with Crippen LogP contribution in [0.4, 0.5) is 23.2 Å². The van der Waals surface area contributed by atoms with Crippen molar-refractivity contribution in [2.24, 2.45) is 14.1 Å². The summed E-state index contributed by atoms with van der Waals surface area (Å²) in [6.07, 6.45) is 2.44. The number of anilines is 1. The van der Waals surface area contributed by atoms with Crippen LogP contribution in [0.2, 0.25) is 0 Å². The number of alkyl halides is 3. The summed E-state index contributed by atoms with van der Waals surface area (Å²) in [5.74, 6) is -0.297. The Morgan fingerprint density at radius 1 is 1.00 bits per heavy atom. The summed E-state index contributed by atoms with van der Waals surface area (Å²) in [5.41, 5.74) is 0.721. The van der Waals surface area contributed by atoms with Gasteiger partial charge in [-0.3, -0.25) is 9.59 Å². The zero-order chi connectivity index (χ0) is 33.2. The molecule has 1 atom stereocenters. The van der Waals surface area contributed by atoms with E-state index in [9.17, 15) is 27.2 Å². The molecule has 0 aliphatic heterocycles. The van der Waals surface area contributed by atoms with Gasteiger partial charge in [-0.1, -0.05) is 13.8 Å². The first-order valence-corrected chi connectivity index (χ1v) is 14.4. The number of hydrogen-bond acceptors (Lipinski definition) is 6. The zero-order valence-corrected chi connectivity index (χ0v) is 26.0. The maximum Gasteiger partial charge on any atom is 0.435 e. The first-order valence-electron chi connectivity index (χ1n) is 14.4. The van der Waals surface area contributed by atoms with Crippen LogP contribution in [-0.4, -0.2) is 30.1 Å². The third kappa shape index (κ3) is 6.64. The molecule has 0 bridgehead atoms. The van der Waals surface area contributed by atoms with Crippen LogP contribution in [0.1, 0.15) is 44.1 Å². The number of aryl methyl sites for hydroxylation is 2. The zero-order valence-electron chi connectivity index (χ0n) is 26.0. The Morgan fingerprint density at radius 3 is 2.31 bits per heavy atom. The van der Waals surface area contributed by atoms with Crippen LogP contribution in [0, 0.1) is 13.8 Å². The Bertz CT molecular complexity index is 2030. The van der Waals surface area contributed by atoms with E-state index in [2.05, 4.69) is 20.3 Å². The summed E-state index contributed by atoms with van der Waals surface area (Å²) in [5, 5.41) is 3.35. The number of fused-ring (bicyclic) bond motifs is 1. The van der Waals surface area contributed by atoms with Gasteiger partial charge in [-0.25, -0.2) is 19.3 Å². The van der Waals surface area contributed by atoms with E-state index in [0.29, 0.717) is 39.0 Å². The molecule has 0 radical (unpaired) electrons. The highest BCUT2D eigenvalue weighted by molar-refractivity contribution is 5.67. The quantitative estimate of drug-likeness (QED) is 0.317. The highest BCUT2D eigenvalue weighted by atomic mass is 19.4. The number of pyridine rings is 3. The van der Waals surface area contributed by atoms with Gasteiger partial charge in [0.1, 0.15) is 5.83 Å². The van der Waals surface area contributed by atoms with E-state index in [-0.39, 0.29) is 28.6 Å². The minimum Gasteiger partial charge on any atom is -0.377 e. The molecule has 0 fully saturated rings. The Labute approximate surface area is 257 Å².